The van der Waals surface area contributed by atoms with Gasteiger partial charge in [-0.2, -0.15) is 4.98 Å². The lowest BCUT2D eigenvalue weighted by atomic mass is 10.0. The smallest absolute Gasteiger partial charge is 0.274 e. The third kappa shape index (κ3) is 4.15. The molecule has 2 N–H and O–H groups in total. The average Bonchev–Trinajstić information content (AvgIpc) is 3.60. The Morgan fingerprint density at radius 1 is 1.26 bits per heavy atom. The van der Waals surface area contributed by atoms with Crippen molar-refractivity contribution in [1.82, 2.24) is 29.1 Å². The zero-order valence-electron chi connectivity index (χ0n) is 19.2. The van der Waals surface area contributed by atoms with E-state index < -0.39 is 11.0 Å². The summed E-state index contributed by atoms with van der Waals surface area (Å²) >= 11 is 0. The van der Waals surface area contributed by atoms with Gasteiger partial charge in [0.25, 0.3) is 5.91 Å². The molecule has 2 saturated heterocycles. The van der Waals surface area contributed by atoms with Crippen molar-refractivity contribution < 1.29 is 13.5 Å². The summed E-state index contributed by atoms with van der Waals surface area (Å²) in [6.45, 7) is 4.97. The lowest BCUT2D eigenvalue weighted by Gasteiger charge is -2.36. The monoisotopic (exact) mass is 491 g/mol. The summed E-state index contributed by atoms with van der Waals surface area (Å²) in [6, 6.07) is 11.3. The number of nitrogens with one attached hydrogen (secondary N) is 2. The molecule has 3 aromatic heterocycles. The van der Waals surface area contributed by atoms with Crippen molar-refractivity contribution in [2.45, 2.75) is 24.5 Å². The second kappa shape index (κ2) is 8.99. The number of amides is 1. The number of hydrogen-bond acceptors (Lipinski definition) is 7. The van der Waals surface area contributed by atoms with Crippen LogP contribution >= 0.6 is 0 Å². The number of nitrogens with zero attached hydrogens (tertiary/aromatic N) is 5. The lowest BCUT2D eigenvalue weighted by molar-refractivity contribution is 0.102. The van der Waals surface area contributed by atoms with Crippen LogP contribution in [0.25, 0.3) is 17.0 Å². The van der Waals surface area contributed by atoms with E-state index in [1.165, 1.54) is 0 Å². The quantitative estimate of drug-likeness (QED) is 0.425. The van der Waals surface area contributed by atoms with Crippen molar-refractivity contribution in [2.75, 3.05) is 31.5 Å². The minimum atomic E-state index is -0.976. The number of fused-ring (bicyclic) bond motifs is 1. The first kappa shape index (κ1) is 22.1. The summed E-state index contributed by atoms with van der Waals surface area (Å²) in [6.07, 6.45) is 4.32. The Labute approximate surface area is 204 Å². The number of anilines is 1. The molecule has 4 aromatic rings. The second-order valence-corrected chi connectivity index (χ2v) is 10.7. The molecule has 0 saturated carbocycles. The molecular weight excluding hydrogens is 466 g/mol. The fraction of sp³-hybridized carbons (Fsp3) is 0.333. The Morgan fingerprint density at radius 2 is 2.14 bits per heavy atom. The van der Waals surface area contributed by atoms with Gasteiger partial charge in [0.15, 0.2) is 0 Å². The van der Waals surface area contributed by atoms with Gasteiger partial charge in [-0.25, -0.2) is 13.5 Å². The molecule has 11 heteroatoms. The molecule has 2 fully saturated rings. The Balaban J connectivity index is 1.15. The number of aryl methyl sites for hydroxylation is 1. The van der Waals surface area contributed by atoms with Crippen LogP contribution in [0.5, 0.6) is 0 Å². The van der Waals surface area contributed by atoms with E-state index in [4.69, 9.17) is 4.52 Å². The fourth-order valence-corrected chi connectivity index (χ4v) is 6.11. The van der Waals surface area contributed by atoms with Crippen molar-refractivity contribution in [3.8, 4) is 11.4 Å². The van der Waals surface area contributed by atoms with Crippen molar-refractivity contribution in [1.29, 1.82) is 0 Å². The molecule has 10 nitrogen and oxygen atoms in total. The van der Waals surface area contributed by atoms with Crippen LogP contribution in [0.4, 0.5) is 5.69 Å². The standard InChI is InChI=1S/C24H25N7O3S/c1-15-5-6-16(10-19(15)27-23(32)20-12-26-21-4-2-3-9-31(20)21)22-28-24(34-29-22)17-13-30(14-17)35(33)18-7-8-25-11-18/h2-6,9-10,12,17-18,25H,7-8,11,13-14H2,1H3,(H,27,32). The van der Waals surface area contributed by atoms with Crippen LogP contribution in [0, 0.1) is 6.92 Å². The molecule has 0 radical (unpaired) electrons. The molecule has 6 rings (SSSR count). The number of rotatable bonds is 6. The highest BCUT2D eigenvalue weighted by atomic mass is 32.2. The average molecular weight is 492 g/mol. The van der Waals surface area contributed by atoms with E-state index in [9.17, 15) is 9.00 Å². The van der Waals surface area contributed by atoms with E-state index >= 15 is 0 Å². The van der Waals surface area contributed by atoms with E-state index in [2.05, 4.69) is 25.8 Å². The molecule has 35 heavy (non-hydrogen) atoms. The predicted octanol–water partition coefficient (Wildman–Crippen LogP) is 2.37. The summed E-state index contributed by atoms with van der Waals surface area (Å²) in [5, 5.41) is 10.6. The van der Waals surface area contributed by atoms with Gasteiger partial charge < -0.3 is 15.2 Å². The van der Waals surface area contributed by atoms with Gasteiger partial charge in [0, 0.05) is 37.1 Å². The van der Waals surface area contributed by atoms with E-state index in [0.29, 0.717) is 41.8 Å². The van der Waals surface area contributed by atoms with Crippen LogP contribution in [0.15, 0.2) is 53.3 Å². The molecule has 5 heterocycles. The van der Waals surface area contributed by atoms with Gasteiger partial charge >= 0.3 is 0 Å². The minimum absolute atomic E-state index is 0.0781. The van der Waals surface area contributed by atoms with Crippen molar-refractivity contribution in [3.63, 3.8) is 0 Å². The van der Waals surface area contributed by atoms with Crippen LogP contribution in [0.3, 0.4) is 0 Å². The van der Waals surface area contributed by atoms with Gasteiger partial charge in [-0.3, -0.25) is 9.20 Å². The number of imidazole rings is 1. The first-order valence-electron chi connectivity index (χ1n) is 11.6. The molecule has 1 amide bonds. The van der Waals surface area contributed by atoms with Crippen LogP contribution in [-0.4, -0.2) is 65.4 Å². The van der Waals surface area contributed by atoms with E-state index in [1.54, 1.807) is 10.6 Å². The Kier molecular flexibility index (Phi) is 5.67. The Bertz CT molecular complexity index is 1420. The van der Waals surface area contributed by atoms with Gasteiger partial charge in [0.2, 0.25) is 11.7 Å². The van der Waals surface area contributed by atoms with Crippen LogP contribution < -0.4 is 10.6 Å². The molecule has 2 aliphatic rings. The second-order valence-electron chi connectivity index (χ2n) is 8.95. The molecule has 2 aliphatic heterocycles. The highest BCUT2D eigenvalue weighted by molar-refractivity contribution is 7.83. The molecule has 0 spiro atoms. The van der Waals surface area contributed by atoms with Gasteiger partial charge in [-0.1, -0.05) is 23.4 Å². The summed E-state index contributed by atoms with van der Waals surface area (Å²) < 4.78 is 21.9. The zero-order valence-corrected chi connectivity index (χ0v) is 20.0. The summed E-state index contributed by atoms with van der Waals surface area (Å²) in [5.74, 6) is 0.839. The highest BCUT2D eigenvalue weighted by Gasteiger charge is 2.39. The molecule has 1 aromatic carbocycles. The van der Waals surface area contributed by atoms with Crippen LogP contribution in [-0.2, 0) is 11.0 Å². The number of benzene rings is 1. The first-order chi connectivity index (χ1) is 17.1. The molecule has 0 bridgehead atoms. The maximum Gasteiger partial charge on any atom is 0.274 e. The largest absolute Gasteiger partial charge is 0.339 e. The number of carbonyl (C=O) groups excluding carboxylic acids is 1. The number of aromatic nitrogens is 4. The predicted molar refractivity (Wildman–Crippen MR) is 131 cm³/mol. The fourth-order valence-electron chi connectivity index (χ4n) is 4.45. The maximum atomic E-state index is 13.0. The van der Waals surface area contributed by atoms with E-state index in [-0.39, 0.29) is 17.1 Å². The highest BCUT2D eigenvalue weighted by Crippen LogP contribution is 2.31. The van der Waals surface area contributed by atoms with Crippen molar-refractivity contribution in [2.24, 2.45) is 0 Å². The van der Waals surface area contributed by atoms with Gasteiger partial charge in [-0.15, -0.1) is 0 Å². The number of hydrogen-bond donors (Lipinski definition) is 2. The van der Waals surface area contributed by atoms with Gasteiger partial charge in [-0.05, 0) is 43.7 Å². The van der Waals surface area contributed by atoms with Crippen LogP contribution in [0.2, 0.25) is 0 Å². The maximum absolute atomic E-state index is 13.0. The van der Waals surface area contributed by atoms with Gasteiger partial charge in [0.1, 0.15) is 11.3 Å². The summed E-state index contributed by atoms with van der Waals surface area (Å²) in [7, 11) is -0.976. The van der Waals surface area contributed by atoms with Crippen molar-refractivity contribution in [3.05, 3.63) is 65.9 Å². The Morgan fingerprint density at radius 3 is 2.97 bits per heavy atom. The zero-order chi connectivity index (χ0) is 23.9. The third-order valence-corrected chi connectivity index (χ3v) is 8.37. The number of pyridine rings is 1. The Hall–Kier alpha value is -3.41. The normalized spacial score (nSPS) is 19.6. The third-order valence-electron chi connectivity index (χ3n) is 6.59. The SMILES string of the molecule is Cc1ccc(-c2noc(C3CN(S(=O)C4CCNC4)C3)n2)cc1NC(=O)c1cnc2ccccn12. The topological polar surface area (TPSA) is 118 Å². The molecule has 0 aliphatic carbocycles. The summed E-state index contributed by atoms with van der Waals surface area (Å²) in [4.78, 5) is 21.8. The van der Waals surface area contributed by atoms with Crippen molar-refractivity contribution >= 4 is 28.2 Å². The minimum Gasteiger partial charge on any atom is -0.339 e. The van der Waals surface area contributed by atoms with E-state index in [1.807, 2.05) is 53.8 Å². The van der Waals surface area contributed by atoms with Crippen LogP contribution in [0.1, 0.15) is 34.3 Å². The number of carbonyl (C=O) groups is 1. The molecular formula is C24H25N7O3S. The van der Waals surface area contributed by atoms with E-state index in [0.717, 1.165) is 30.6 Å². The van der Waals surface area contributed by atoms with Gasteiger partial charge in [0.05, 0.1) is 28.4 Å². The lowest BCUT2D eigenvalue weighted by Crippen LogP contribution is -2.49. The molecule has 2 unspecified atom stereocenters. The molecule has 2 atom stereocenters. The molecule has 180 valence electrons. The first-order valence-corrected chi connectivity index (χ1v) is 12.8. The summed E-state index contributed by atoms with van der Waals surface area (Å²) in [5.41, 5.74) is 3.49.